The quantitative estimate of drug-likeness (QED) is 0.360. The van der Waals surface area contributed by atoms with Gasteiger partial charge in [-0.25, -0.2) is 0 Å². The smallest absolute Gasteiger partial charge is 0.356 e. The predicted molar refractivity (Wildman–Crippen MR) is 113 cm³/mol. The zero-order valence-corrected chi connectivity index (χ0v) is 17.4. The van der Waals surface area contributed by atoms with Gasteiger partial charge in [-0.1, -0.05) is 36.4 Å². The van der Waals surface area contributed by atoms with Gasteiger partial charge in [-0.05, 0) is 72.3 Å². The second-order valence-electron chi connectivity index (χ2n) is 5.24. The third-order valence-electron chi connectivity index (χ3n) is 3.39. The van der Waals surface area contributed by atoms with E-state index in [4.69, 9.17) is 9.05 Å². The van der Waals surface area contributed by atoms with Gasteiger partial charge < -0.3 is 14.4 Å². The molecule has 4 nitrogen and oxygen atoms in total. The summed E-state index contributed by atoms with van der Waals surface area (Å²) in [6.07, 6.45) is 3.77. The first kappa shape index (κ1) is 20.2. The molecule has 0 heterocycles. The van der Waals surface area contributed by atoms with Crippen LogP contribution in [0, 0.1) is 3.57 Å². The average molecular weight is 471 g/mol. The summed E-state index contributed by atoms with van der Waals surface area (Å²) in [4.78, 5) is 0. The molecular weight excluding hydrogens is 448 g/mol. The Bertz CT molecular complexity index is 709. The Balaban J connectivity index is 2.30. The molecule has 1 atom stereocenters. The molecule has 0 radical (unpaired) electrons. The van der Waals surface area contributed by atoms with Crippen LogP contribution in [-0.2, 0) is 13.6 Å². The van der Waals surface area contributed by atoms with Gasteiger partial charge in [0.2, 0.25) is 0 Å². The maximum atomic E-state index is 13.2. The highest BCUT2D eigenvalue weighted by molar-refractivity contribution is 14.1. The number of benzene rings is 2. The van der Waals surface area contributed by atoms with Crippen LogP contribution < -0.4 is 5.32 Å². The first-order valence-electron chi connectivity index (χ1n) is 8.21. The number of hydrogen-bond donors (Lipinski definition) is 1. The van der Waals surface area contributed by atoms with Crippen molar-refractivity contribution in [2.75, 3.05) is 18.5 Å². The SMILES string of the molecule is CCOP(=O)(OCC)C(/C=C/c1ccccc1)Nc1ccc(I)cc1. The number of anilines is 1. The number of nitrogens with one attached hydrogen (secondary N) is 1. The molecule has 0 spiro atoms. The van der Waals surface area contributed by atoms with E-state index in [1.165, 1.54) is 0 Å². The van der Waals surface area contributed by atoms with Crippen molar-refractivity contribution in [2.45, 2.75) is 19.6 Å². The van der Waals surface area contributed by atoms with Crippen LogP contribution in [0.25, 0.3) is 6.08 Å². The Morgan fingerprint density at radius 2 is 1.64 bits per heavy atom. The molecule has 0 fully saturated rings. The summed E-state index contributed by atoms with van der Waals surface area (Å²) < 4.78 is 25.5. The summed E-state index contributed by atoms with van der Waals surface area (Å²) in [5.74, 6) is -0.576. The average Bonchev–Trinajstić information content (AvgIpc) is 2.61. The molecule has 1 N–H and O–H groups in total. The van der Waals surface area contributed by atoms with E-state index >= 15 is 0 Å². The fourth-order valence-electron chi connectivity index (χ4n) is 2.27. The molecule has 0 aliphatic heterocycles. The highest BCUT2D eigenvalue weighted by atomic mass is 127. The van der Waals surface area contributed by atoms with E-state index in [1.807, 2.05) is 80.6 Å². The molecule has 0 saturated carbocycles. The van der Waals surface area contributed by atoms with Crippen molar-refractivity contribution in [3.05, 3.63) is 69.8 Å². The van der Waals surface area contributed by atoms with Crippen LogP contribution in [-0.4, -0.2) is 19.0 Å². The summed E-state index contributed by atoms with van der Waals surface area (Å²) in [5, 5.41) is 3.28. The minimum absolute atomic E-state index is 0.321. The fourth-order valence-corrected chi connectivity index (χ4v) is 4.35. The Morgan fingerprint density at radius 1 is 1.04 bits per heavy atom. The van der Waals surface area contributed by atoms with Crippen molar-refractivity contribution < 1.29 is 13.6 Å². The first-order valence-corrected chi connectivity index (χ1v) is 10.9. The lowest BCUT2D eigenvalue weighted by Crippen LogP contribution is -2.20. The van der Waals surface area contributed by atoms with Gasteiger partial charge in [0.25, 0.3) is 0 Å². The molecule has 0 aromatic heterocycles. The van der Waals surface area contributed by atoms with Gasteiger partial charge in [-0.3, -0.25) is 4.57 Å². The van der Waals surface area contributed by atoms with Crippen molar-refractivity contribution in [3.63, 3.8) is 0 Å². The van der Waals surface area contributed by atoms with Crippen LogP contribution >= 0.6 is 30.2 Å². The summed E-state index contributed by atoms with van der Waals surface area (Å²) >= 11 is 2.25. The van der Waals surface area contributed by atoms with E-state index in [2.05, 4.69) is 27.9 Å². The largest absolute Gasteiger partial charge is 0.368 e. The highest BCUT2D eigenvalue weighted by Crippen LogP contribution is 2.53. The second-order valence-corrected chi connectivity index (χ2v) is 8.64. The lowest BCUT2D eigenvalue weighted by molar-refractivity contribution is 0.217. The van der Waals surface area contributed by atoms with Crippen molar-refractivity contribution >= 4 is 42.0 Å². The molecule has 134 valence electrons. The molecule has 2 aromatic carbocycles. The highest BCUT2D eigenvalue weighted by Gasteiger charge is 2.33. The Morgan fingerprint density at radius 3 is 2.20 bits per heavy atom. The molecule has 0 aliphatic rings. The lowest BCUT2D eigenvalue weighted by Gasteiger charge is -2.25. The number of rotatable bonds is 9. The molecule has 6 heteroatoms. The van der Waals surface area contributed by atoms with Crippen LogP contribution in [0.4, 0.5) is 5.69 Å². The topological polar surface area (TPSA) is 47.6 Å². The summed E-state index contributed by atoms with van der Waals surface area (Å²) in [6.45, 7) is 4.27. The zero-order chi connectivity index (χ0) is 18.1. The van der Waals surface area contributed by atoms with Crippen molar-refractivity contribution in [3.8, 4) is 0 Å². The second kappa shape index (κ2) is 10.1. The molecule has 2 aromatic rings. The van der Waals surface area contributed by atoms with Gasteiger partial charge in [-0.2, -0.15) is 0 Å². The van der Waals surface area contributed by atoms with Gasteiger partial charge in [0, 0.05) is 9.26 Å². The third kappa shape index (κ3) is 6.26. The van der Waals surface area contributed by atoms with Crippen LogP contribution in [0.1, 0.15) is 19.4 Å². The maximum Gasteiger partial charge on any atom is 0.356 e. The van der Waals surface area contributed by atoms with E-state index in [1.54, 1.807) is 0 Å². The Labute approximate surface area is 163 Å². The molecule has 25 heavy (non-hydrogen) atoms. The van der Waals surface area contributed by atoms with E-state index < -0.39 is 13.4 Å². The summed E-state index contributed by atoms with van der Waals surface area (Å²) in [5.41, 5.74) is 1.89. The van der Waals surface area contributed by atoms with Crippen LogP contribution in [0.3, 0.4) is 0 Å². The van der Waals surface area contributed by atoms with Gasteiger partial charge in [-0.15, -0.1) is 0 Å². The molecular formula is C19H23INO3P. The molecule has 0 amide bonds. The van der Waals surface area contributed by atoms with Crippen LogP contribution in [0.2, 0.25) is 0 Å². The molecule has 2 rings (SSSR count). The van der Waals surface area contributed by atoms with E-state index in [-0.39, 0.29) is 0 Å². The number of halogens is 1. The van der Waals surface area contributed by atoms with E-state index in [0.717, 1.165) is 14.8 Å². The Kier molecular flexibility index (Phi) is 8.16. The summed E-state index contributed by atoms with van der Waals surface area (Å²) in [6, 6.07) is 17.8. The normalized spacial score (nSPS) is 13.1. The maximum absolute atomic E-state index is 13.2. The standard InChI is InChI=1S/C19H23INO3P/c1-3-23-25(22,24-4-2)19(15-10-16-8-6-5-7-9-16)21-18-13-11-17(20)12-14-18/h5-15,19,21H,3-4H2,1-2H3/b15-10+. The van der Waals surface area contributed by atoms with Crippen molar-refractivity contribution in [1.82, 2.24) is 0 Å². The molecule has 0 saturated heterocycles. The minimum Gasteiger partial charge on any atom is -0.368 e. The fraction of sp³-hybridized carbons (Fsp3) is 0.263. The van der Waals surface area contributed by atoms with Gasteiger partial charge >= 0.3 is 7.60 Å². The van der Waals surface area contributed by atoms with Gasteiger partial charge in [0.1, 0.15) is 5.78 Å². The van der Waals surface area contributed by atoms with Crippen LogP contribution in [0.15, 0.2) is 60.7 Å². The third-order valence-corrected chi connectivity index (χ3v) is 6.33. The van der Waals surface area contributed by atoms with Gasteiger partial charge in [0.05, 0.1) is 13.2 Å². The molecule has 0 aliphatic carbocycles. The van der Waals surface area contributed by atoms with Gasteiger partial charge in [0.15, 0.2) is 0 Å². The van der Waals surface area contributed by atoms with E-state index in [0.29, 0.717) is 13.2 Å². The number of hydrogen-bond acceptors (Lipinski definition) is 4. The zero-order valence-electron chi connectivity index (χ0n) is 14.4. The van der Waals surface area contributed by atoms with E-state index in [9.17, 15) is 4.57 Å². The first-order chi connectivity index (χ1) is 12.1. The van der Waals surface area contributed by atoms with Crippen LogP contribution in [0.5, 0.6) is 0 Å². The molecule has 1 unspecified atom stereocenters. The summed E-state index contributed by atoms with van der Waals surface area (Å²) in [7, 11) is -3.34. The Hall–Kier alpha value is -1.14. The monoisotopic (exact) mass is 471 g/mol. The van der Waals surface area contributed by atoms with Crippen molar-refractivity contribution in [1.29, 1.82) is 0 Å². The lowest BCUT2D eigenvalue weighted by atomic mass is 10.2. The minimum atomic E-state index is -3.34. The molecule has 0 bridgehead atoms. The van der Waals surface area contributed by atoms with Crippen molar-refractivity contribution in [2.24, 2.45) is 0 Å². The predicted octanol–water partition coefficient (Wildman–Crippen LogP) is 6.01.